The van der Waals surface area contributed by atoms with Crippen LogP contribution < -0.4 is 14.3 Å². The normalized spacial score (nSPS) is 11.6. The van der Waals surface area contributed by atoms with Crippen LogP contribution in [0.1, 0.15) is 9.67 Å². The lowest BCUT2D eigenvalue weighted by Gasteiger charge is -2.08. The summed E-state index contributed by atoms with van der Waals surface area (Å²) in [5.41, 5.74) is 0.696. The predicted octanol–water partition coefficient (Wildman–Crippen LogP) is 3.46. The quantitative estimate of drug-likeness (QED) is 0.533. The molecule has 142 valence electrons. The van der Waals surface area contributed by atoms with E-state index in [1.807, 2.05) is 0 Å². The van der Waals surface area contributed by atoms with E-state index in [9.17, 15) is 9.59 Å². The number of nitrogens with zero attached hydrogens (tertiary/aromatic N) is 2. The van der Waals surface area contributed by atoms with Crippen LogP contribution in [0.2, 0.25) is 0 Å². The molecule has 10 heteroatoms. The van der Waals surface area contributed by atoms with Gasteiger partial charge in [-0.05, 0) is 28.1 Å². The van der Waals surface area contributed by atoms with Crippen molar-refractivity contribution in [2.45, 2.75) is 6.54 Å². The van der Waals surface area contributed by atoms with Crippen LogP contribution in [-0.4, -0.2) is 37.8 Å². The average molecular weight is 471 g/mol. The van der Waals surface area contributed by atoms with E-state index in [0.29, 0.717) is 26.7 Å². The Morgan fingerprint density at radius 3 is 2.41 bits per heavy atom. The second-order valence-electron chi connectivity index (χ2n) is 5.24. The lowest BCUT2D eigenvalue weighted by molar-refractivity contribution is -0.141. The molecular weight excluding hydrogens is 456 g/mol. The van der Waals surface area contributed by atoms with Gasteiger partial charge < -0.3 is 18.8 Å². The third kappa shape index (κ3) is 4.07. The van der Waals surface area contributed by atoms with Crippen molar-refractivity contribution in [2.24, 2.45) is 4.99 Å². The summed E-state index contributed by atoms with van der Waals surface area (Å²) >= 11 is 5.91. The number of benzene rings is 1. The number of thiophene rings is 1. The molecule has 3 aromatic rings. The summed E-state index contributed by atoms with van der Waals surface area (Å²) in [6, 6.07) is 7.03. The average Bonchev–Trinajstić information content (AvgIpc) is 3.24. The molecule has 0 bridgehead atoms. The van der Waals surface area contributed by atoms with Crippen LogP contribution in [0.4, 0.5) is 0 Å². The molecule has 0 N–H and O–H groups in total. The van der Waals surface area contributed by atoms with E-state index in [2.05, 4.69) is 20.9 Å². The molecule has 2 aromatic heterocycles. The van der Waals surface area contributed by atoms with Crippen molar-refractivity contribution < 1.29 is 23.8 Å². The van der Waals surface area contributed by atoms with Crippen LogP contribution in [0.15, 0.2) is 33.0 Å². The van der Waals surface area contributed by atoms with Gasteiger partial charge in [-0.25, -0.2) is 0 Å². The fraction of sp³-hybridized carbons (Fsp3) is 0.235. The molecular formula is C17H15BrN2O5S2. The lowest BCUT2D eigenvalue weighted by Crippen LogP contribution is -2.22. The molecule has 0 saturated carbocycles. The SMILES string of the molecule is COC(=O)Cn1c(=NC(=O)c2ccc(Br)s2)sc2cc(OC)c(OC)cc21. The molecule has 0 atom stereocenters. The van der Waals surface area contributed by atoms with E-state index in [4.69, 9.17) is 14.2 Å². The molecule has 0 aliphatic rings. The van der Waals surface area contributed by atoms with Crippen molar-refractivity contribution in [1.82, 2.24) is 4.57 Å². The Labute approximate surface area is 170 Å². The first-order chi connectivity index (χ1) is 13.0. The van der Waals surface area contributed by atoms with Crippen molar-refractivity contribution in [2.75, 3.05) is 21.3 Å². The fourth-order valence-corrected chi connectivity index (χ4v) is 4.71. The molecule has 2 heterocycles. The molecule has 3 rings (SSSR count). The highest BCUT2D eigenvalue weighted by Gasteiger charge is 2.16. The van der Waals surface area contributed by atoms with E-state index in [1.165, 1.54) is 36.9 Å². The minimum absolute atomic E-state index is 0.0772. The summed E-state index contributed by atoms with van der Waals surface area (Å²) in [4.78, 5) is 29.5. The van der Waals surface area contributed by atoms with Crippen LogP contribution in [0.5, 0.6) is 11.5 Å². The van der Waals surface area contributed by atoms with E-state index in [1.54, 1.807) is 35.9 Å². The van der Waals surface area contributed by atoms with Crippen LogP contribution >= 0.6 is 38.6 Å². The monoisotopic (exact) mass is 470 g/mol. The van der Waals surface area contributed by atoms with Gasteiger partial charge in [-0.3, -0.25) is 9.59 Å². The van der Waals surface area contributed by atoms with Crippen LogP contribution in [0.25, 0.3) is 10.2 Å². The highest BCUT2D eigenvalue weighted by Crippen LogP contribution is 2.33. The summed E-state index contributed by atoms with van der Waals surface area (Å²) in [5, 5.41) is 0. The third-order valence-corrected chi connectivity index (χ3v) is 6.34. The molecule has 0 aliphatic heterocycles. The number of hydrogen-bond acceptors (Lipinski definition) is 7. The van der Waals surface area contributed by atoms with Gasteiger partial charge in [-0.15, -0.1) is 11.3 Å². The molecule has 0 fully saturated rings. The second-order valence-corrected chi connectivity index (χ2v) is 8.71. The van der Waals surface area contributed by atoms with Gasteiger partial charge in [-0.2, -0.15) is 4.99 Å². The van der Waals surface area contributed by atoms with Crippen LogP contribution in [0.3, 0.4) is 0 Å². The predicted molar refractivity (Wildman–Crippen MR) is 107 cm³/mol. The first-order valence-electron chi connectivity index (χ1n) is 7.63. The zero-order valence-electron chi connectivity index (χ0n) is 14.6. The Morgan fingerprint density at radius 2 is 1.81 bits per heavy atom. The highest BCUT2D eigenvalue weighted by atomic mass is 79.9. The summed E-state index contributed by atoms with van der Waals surface area (Å²) < 4.78 is 18.7. The van der Waals surface area contributed by atoms with Crippen molar-refractivity contribution in [3.8, 4) is 11.5 Å². The van der Waals surface area contributed by atoms with E-state index >= 15 is 0 Å². The maximum atomic E-state index is 12.5. The van der Waals surface area contributed by atoms with Crippen LogP contribution in [-0.2, 0) is 16.1 Å². The second kappa shape index (κ2) is 8.24. The van der Waals surface area contributed by atoms with Crippen molar-refractivity contribution in [1.29, 1.82) is 0 Å². The molecule has 1 aromatic carbocycles. The van der Waals surface area contributed by atoms with E-state index < -0.39 is 5.97 Å². The summed E-state index contributed by atoms with van der Waals surface area (Å²) in [5.74, 6) is 0.241. The Balaban J connectivity index is 2.20. The van der Waals surface area contributed by atoms with Gasteiger partial charge >= 0.3 is 5.97 Å². The van der Waals surface area contributed by atoms with E-state index in [0.717, 1.165) is 8.49 Å². The van der Waals surface area contributed by atoms with Crippen molar-refractivity contribution in [3.63, 3.8) is 0 Å². The summed E-state index contributed by atoms with van der Waals surface area (Å²) in [7, 11) is 4.39. The molecule has 27 heavy (non-hydrogen) atoms. The van der Waals surface area contributed by atoms with Gasteiger partial charge in [0, 0.05) is 12.1 Å². The summed E-state index contributed by atoms with van der Waals surface area (Å²) in [6.07, 6.45) is 0. The van der Waals surface area contributed by atoms with E-state index in [-0.39, 0.29) is 12.5 Å². The van der Waals surface area contributed by atoms with Gasteiger partial charge in [0.1, 0.15) is 6.54 Å². The Bertz CT molecular complexity index is 1080. The number of esters is 1. The Kier molecular flexibility index (Phi) is 5.98. The minimum Gasteiger partial charge on any atom is -0.493 e. The van der Waals surface area contributed by atoms with Gasteiger partial charge in [0.15, 0.2) is 16.3 Å². The molecule has 0 saturated heterocycles. The van der Waals surface area contributed by atoms with Gasteiger partial charge in [0.2, 0.25) is 0 Å². The fourth-order valence-electron chi connectivity index (χ4n) is 2.40. The molecule has 0 spiro atoms. The Morgan fingerprint density at radius 1 is 1.11 bits per heavy atom. The zero-order chi connectivity index (χ0) is 19.6. The van der Waals surface area contributed by atoms with Gasteiger partial charge in [0.05, 0.1) is 40.2 Å². The minimum atomic E-state index is -0.447. The number of methoxy groups -OCH3 is 3. The van der Waals surface area contributed by atoms with Crippen molar-refractivity contribution in [3.05, 3.63) is 37.7 Å². The molecule has 0 radical (unpaired) electrons. The number of halogens is 1. The largest absolute Gasteiger partial charge is 0.493 e. The number of carbonyl (C=O) groups is 2. The summed E-state index contributed by atoms with van der Waals surface area (Å²) in [6.45, 7) is -0.0772. The van der Waals surface area contributed by atoms with Crippen molar-refractivity contribution >= 4 is 60.7 Å². The third-order valence-electron chi connectivity index (χ3n) is 3.68. The number of rotatable bonds is 5. The number of thiazole rings is 1. The van der Waals surface area contributed by atoms with Gasteiger partial charge in [0.25, 0.3) is 5.91 Å². The molecule has 7 nitrogen and oxygen atoms in total. The number of ether oxygens (including phenoxy) is 3. The number of hydrogen-bond donors (Lipinski definition) is 0. The molecule has 0 unspecified atom stereocenters. The highest BCUT2D eigenvalue weighted by molar-refractivity contribution is 9.11. The number of carbonyl (C=O) groups excluding carboxylic acids is 2. The zero-order valence-corrected chi connectivity index (χ0v) is 17.9. The maximum absolute atomic E-state index is 12.5. The topological polar surface area (TPSA) is 79.1 Å². The standard InChI is InChI=1S/C17H15BrN2O5S2/c1-23-10-6-9-13(7-11(10)24-2)27-17(20(9)8-15(21)25-3)19-16(22)12-4-5-14(18)26-12/h4-7H,8H2,1-3H3. The molecule has 0 aliphatic carbocycles. The smallest absolute Gasteiger partial charge is 0.325 e. The van der Waals surface area contributed by atoms with Gasteiger partial charge in [-0.1, -0.05) is 11.3 Å². The number of fused-ring (bicyclic) bond motifs is 1. The lowest BCUT2D eigenvalue weighted by atomic mass is 10.3. The number of amides is 1. The van der Waals surface area contributed by atoms with Crippen LogP contribution in [0, 0.1) is 0 Å². The maximum Gasteiger partial charge on any atom is 0.325 e. The molecule has 1 amide bonds. The first kappa shape index (κ1) is 19.6. The number of aromatic nitrogens is 1. The first-order valence-corrected chi connectivity index (χ1v) is 10.1. The Hall–Kier alpha value is -2.17.